The highest BCUT2D eigenvalue weighted by Gasteiger charge is 2.08. The highest BCUT2D eigenvalue weighted by molar-refractivity contribution is 7.13. The summed E-state index contributed by atoms with van der Waals surface area (Å²) in [7, 11) is 0. The summed E-state index contributed by atoms with van der Waals surface area (Å²) in [5, 5.41) is 5.25. The summed E-state index contributed by atoms with van der Waals surface area (Å²) >= 11 is 7.42. The van der Waals surface area contributed by atoms with E-state index in [4.69, 9.17) is 21.1 Å². The van der Waals surface area contributed by atoms with Gasteiger partial charge in [0.2, 0.25) is 0 Å². The Balaban J connectivity index is 1.18. The Hall–Kier alpha value is -3.54. The summed E-state index contributed by atoms with van der Waals surface area (Å²) in [5.41, 5.74) is 3.37. The molecule has 0 atom stereocenters. The number of anilines is 1. The fourth-order valence-corrected chi connectivity index (χ4v) is 4.37. The molecule has 0 saturated heterocycles. The van der Waals surface area contributed by atoms with Gasteiger partial charge in [-0.3, -0.25) is 0 Å². The normalized spacial score (nSPS) is 10.9. The van der Waals surface area contributed by atoms with Crippen molar-refractivity contribution in [1.82, 2.24) is 4.37 Å². The predicted molar refractivity (Wildman–Crippen MR) is 140 cm³/mol. The number of nitrogens with one attached hydrogen (secondary N) is 1. The van der Waals surface area contributed by atoms with Gasteiger partial charge in [-0.1, -0.05) is 66.2 Å². The molecule has 0 amide bonds. The lowest BCUT2D eigenvalue weighted by Crippen LogP contribution is -2.00. The zero-order chi connectivity index (χ0) is 23.2. The smallest absolute Gasteiger partial charge is 0.147 e. The van der Waals surface area contributed by atoms with Crippen molar-refractivity contribution < 1.29 is 9.47 Å². The van der Waals surface area contributed by atoms with E-state index >= 15 is 0 Å². The van der Waals surface area contributed by atoms with Crippen molar-refractivity contribution in [2.75, 3.05) is 5.32 Å². The Morgan fingerprint density at radius 2 is 1.35 bits per heavy atom. The molecule has 5 aromatic rings. The Morgan fingerprint density at radius 3 is 2.12 bits per heavy atom. The first-order chi connectivity index (χ1) is 16.7. The molecule has 34 heavy (non-hydrogen) atoms. The molecule has 1 heterocycles. The number of nitrogens with zero attached hydrogens (tertiary/aromatic N) is 1. The van der Waals surface area contributed by atoms with Crippen LogP contribution in [-0.2, 0) is 19.8 Å². The molecule has 1 aromatic heterocycles. The van der Waals surface area contributed by atoms with Crippen LogP contribution in [0.1, 0.15) is 16.7 Å². The van der Waals surface area contributed by atoms with Crippen molar-refractivity contribution >= 4 is 39.0 Å². The SMILES string of the molecule is Clc1ccc(COc2ccc(CNc3nsc4ccc(OCc5ccccc5)cc34)cc2)cc1. The van der Waals surface area contributed by atoms with E-state index in [2.05, 4.69) is 46.1 Å². The van der Waals surface area contributed by atoms with Gasteiger partial charge in [0, 0.05) is 17.0 Å². The molecule has 0 fully saturated rings. The van der Waals surface area contributed by atoms with E-state index in [1.807, 2.05) is 60.7 Å². The fraction of sp³-hybridized carbons (Fsp3) is 0.107. The van der Waals surface area contributed by atoms with Crippen molar-refractivity contribution in [2.24, 2.45) is 0 Å². The van der Waals surface area contributed by atoms with Crippen LogP contribution >= 0.6 is 23.1 Å². The lowest BCUT2D eigenvalue weighted by molar-refractivity contribution is 0.306. The van der Waals surface area contributed by atoms with Crippen LogP contribution in [0.2, 0.25) is 5.02 Å². The van der Waals surface area contributed by atoms with Gasteiger partial charge in [-0.05, 0) is 70.7 Å². The molecule has 6 heteroatoms. The number of rotatable bonds is 9. The third-order valence-electron chi connectivity index (χ3n) is 5.39. The first-order valence-corrected chi connectivity index (χ1v) is 12.1. The molecule has 0 radical (unpaired) electrons. The first kappa shape index (κ1) is 22.3. The Bertz CT molecular complexity index is 1350. The number of aromatic nitrogens is 1. The van der Waals surface area contributed by atoms with E-state index in [1.165, 1.54) is 11.5 Å². The van der Waals surface area contributed by atoms with E-state index in [1.54, 1.807) is 0 Å². The zero-order valence-electron chi connectivity index (χ0n) is 18.4. The second kappa shape index (κ2) is 10.6. The minimum Gasteiger partial charge on any atom is -0.489 e. The number of benzene rings is 4. The summed E-state index contributed by atoms with van der Waals surface area (Å²) < 4.78 is 17.6. The van der Waals surface area contributed by atoms with Gasteiger partial charge in [0.15, 0.2) is 0 Å². The highest BCUT2D eigenvalue weighted by atomic mass is 35.5. The maximum absolute atomic E-state index is 5.99. The van der Waals surface area contributed by atoms with Crippen molar-refractivity contribution in [2.45, 2.75) is 19.8 Å². The van der Waals surface area contributed by atoms with Gasteiger partial charge < -0.3 is 14.8 Å². The molecule has 0 aliphatic rings. The Kier molecular flexibility index (Phi) is 6.94. The lowest BCUT2D eigenvalue weighted by Gasteiger charge is -2.09. The molecule has 0 bridgehead atoms. The number of hydrogen-bond acceptors (Lipinski definition) is 5. The van der Waals surface area contributed by atoms with Crippen molar-refractivity contribution in [1.29, 1.82) is 0 Å². The second-order valence-electron chi connectivity index (χ2n) is 7.88. The number of fused-ring (bicyclic) bond motifs is 1. The van der Waals surface area contributed by atoms with Gasteiger partial charge in [0.25, 0.3) is 0 Å². The molecular weight excluding hydrogens is 464 g/mol. The van der Waals surface area contributed by atoms with Crippen LogP contribution in [0.5, 0.6) is 11.5 Å². The topological polar surface area (TPSA) is 43.4 Å². The third-order valence-corrected chi connectivity index (χ3v) is 6.47. The van der Waals surface area contributed by atoms with E-state index in [9.17, 15) is 0 Å². The van der Waals surface area contributed by atoms with E-state index in [0.717, 1.165) is 49.1 Å². The number of halogens is 1. The minimum absolute atomic E-state index is 0.508. The van der Waals surface area contributed by atoms with Gasteiger partial charge in [-0.25, -0.2) is 0 Å². The van der Waals surface area contributed by atoms with Gasteiger partial charge in [0.05, 0.1) is 4.70 Å². The van der Waals surface area contributed by atoms with E-state index < -0.39 is 0 Å². The molecule has 4 aromatic carbocycles. The molecule has 0 unspecified atom stereocenters. The minimum atomic E-state index is 0.508. The fourth-order valence-electron chi connectivity index (χ4n) is 3.51. The second-order valence-corrected chi connectivity index (χ2v) is 9.12. The molecular formula is C28H23ClN2O2S. The molecule has 0 saturated carbocycles. The van der Waals surface area contributed by atoms with Gasteiger partial charge in [-0.2, -0.15) is 4.37 Å². The summed E-state index contributed by atoms with van der Waals surface area (Å²) in [6.07, 6.45) is 0. The molecule has 1 N–H and O–H groups in total. The van der Waals surface area contributed by atoms with Crippen LogP contribution in [0.25, 0.3) is 10.1 Å². The molecule has 5 rings (SSSR count). The summed E-state index contributed by atoms with van der Waals surface area (Å²) in [5.74, 6) is 2.54. The zero-order valence-corrected chi connectivity index (χ0v) is 20.0. The molecule has 0 spiro atoms. The van der Waals surface area contributed by atoms with E-state index in [0.29, 0.717) is 19.8 Å². The maximum atomic E-state index is 5.99. The molecule has 170 valence electrons. The highest BCUT2D eigenvalue weighted by Crippen LogP contribution is 2.31. The number of ether oxygens (including phenoxy) is 2. The monoisotopic (exact) mass is 486 g/mol. The molecule has 0 aliphatic carbocycles. The summed E-state index contributed by atoms with van der Waals surface area (Å²) in [6.45, 7) is 1.72. The van der Waals surface area contributed by atoms with Gasteiger partial charge in [0.1, 0.15) is 30.5 Å². The van der Waals surface area contributed by atoms with Crippen LogP contribution in [0.4, 0.5) is 5.82 Å². The number of hydrogen-bond donors (Lipinski definition) is 1. The molecule has 0 aliphatic heterocycles. The van der Waals surface area contributed by atoms with Crippen LogP contribution in [0, 0.1) is 0 Å². The average Bonchev–Trinajstić information content (AvgIpc) is 3.29. The molecule has 4 nitrogen and oxygen atoms in total. The third kappa shape index (κ3) is 5.68. The summed E-state index contributed by atoms with van der Waals surface area (Å²) in [4.78, 5) is 0. The van der Waals surface area contributed by atoms with E-state index in [-0.39, 0.29) is 0 Å². The largest absolute Gasteiger partial charge is 0.489 e. The van der Waals surface area contributed by atoms with Crippen LogP contribution < -0.4 is 14.8 Å². The van der Waals surface area contributed by atoms with Crippen LogP contribution in [0.15, 0.2) is 97.1 Å². The van der Waals surface area contributed by atoms with Crippen LogP contribution in [0.3, 0.4) is 0 Å². The predicted octanol–water partition coefficient (Wildman–Crippen LogP) is 7.72. The Morgan fingerprint density at radius 1 is 0.706 bits per heavy atom. The average molecular weight is 487 g/mol. The first-order valence-electron chi connectivity index (χ1n) is 11.0. The Labute approximate surface area is 207 Å². The lowest BCUT2D eigenvalue weighted by atomic mass is 10.2. The standard InChI is InChI=1S/C28H23ClN2O2S/c29-23-10-6-22(7-11-23)19-32-24-12-8-20(9-13-24)17-30-28-26-16-25(14-15-27(26)34-31-28)33-18-21-4-2-1-3-5-21/h1-16H,17-19H2,(H,30,31). The van der Waals surface area contributed by atoms with Crippen molar-refractivity contribution in [3.63, 3.8) is 0 Å². The quantitative estimate of drug-likeness (QED) is 0.231. The summed E-state index contributed by atoms with van der Waals surface area (Å²) in [6, 6.07) is 32.1. The van der Waals surface area contributed by atoms with Crippen molar-refractivity contribution in [3.05, 3.63) is 119 Å². The van der Waals surface area contributed by atoms with Crippen molar-refractivity contribution in [3.8, 4) is 11.5 Å². The van der Waals surface area contributed by atoms with Crippen LogP contribution in [-0.4, -0.2) is 4.37 Å². The maximum Gasteiger partial charge on any atom is 0.147 e. The van der Waals surface area contributed by atoms with Gasteiger partial charge in [-0.15, -0.1) is 0 Å². The van der Waals surface area contributed by atoms with Gasteiger partial charge >= 0.3 is 0 Å².